The zero-order valence-corrected chi connectivity index (χ0v) is 29.3. The lowest BCUT2D eigenvalue weighted by atomic mass is 10.1. The number of fused-ring (bicyclic) bond motifs is 6. The zero-order chi connectivity index (χ0) is 34.6. The third-order valence-electron chi connectivity index (χ3n) is 9.66. The SMILES string of the molecule is CCCCc1nc2cnc3cccnc3c2n1CCc1ccc(Oc2ccc(CCn3c(CCCC)nc4cnc5cccnc5c43)cc2)cc1. The van der Waals surface area contributed by atoms with Crippen molar-refractivity contribution < 1.29 is 4.74 Å². The van der Waals surface area contributed by atoms with Crippen LogP contribution in [0.1, 0.15) is 62.3 Å². The monoisotopic (exact) mass is 674 g/mol. The summed E-state index contributed by atoms with van der Waals surface area (Å²) in [5.74, 6) is 3.85. The normalized spacial score (nSPS) is 11.7. The molecule has 9 nitrogen and oxygen atoms in total. The molecule has 0 unspecified atom stereocenters. The second-order valence-corrected chi connectivity index (χ2v) is 13.2. The standard InChI is InChI=1S/C42H42N8O/c1-3-5-11-37-47-35-27-45-33-9-7-23-43-39(33)41(35)49(37)25-21-29-13-17-31(18-14-29)51-32-19-15-30(16-20-32)22-26-50-38(12-6-4-2)48-36-28-46-34-10-8-24-44-40(34)42(36)50/h7-10,13-20,23-24,27-28H,3-6,11-12,21-22,25-26H2,1-2H3. The highest BCUT2D eigenvalue weighted by molar-refractivity contribution is 6.00. The van der Waals surface area contributed by atoms with Crippen molar-refractivity contribution in [1.82, 2.24) is 39.0 Å². The first-order valence-corrected chi connectivity index (χ1v) is 18.2. The van der Waals surface area contributed by atoms with Gasteiger partial charge in [0, 0.05) is 38.3 Å². The number of benzene rings is 2. The van der Waals surface area contributed by atoms with Gasteiger partial charge >= 0.3 is 0 Å². The summed E-state index contributed by atoms with van der Waals surface area (Å²) >= 11 is 0. The largest absolute Gasteiger partial charge is 0.457 e. The van der Waals surface area contributed by atoms with Crippen LogP contribution in [0.2, 0.25) is 0 Å². The third kappa shape index (κ3) is 6.76. The molecule has 0 atom stereocenters. The Balaban J connectivity index is 0.939. The molecule has 6 aromatic heterocycles. The number of unbranched alkanes of at least 4 members (excludes halogenated alkanes) is 2. The zero-order valence-electron chi connectivity index (χ0n) is 29.3. The molecule has 0 spiro atoms. The van der Waals surface area contributed by atoms with Gasteiger partial charge in [-0.3, -0.25) is 19.9 Å². The number of hydrogen-bond donors (Lipinski definition) is 0. The quantitative estimate of drug-likeness (QED) is 0.113. The molecule has 0 aliphatic carbocycles. The minimum absolute atomic E-state index is 0.822. The summed E-state index contributed by atoms with van der Waals surface area (Å²) < 4.78 is 11.0. The number of aromatic nitrogens is 8. The maximum absolute atomic E-state index is 6.27. The second-order valence-electron chi connectivity index (χ2n) is 13.2. The summed E-state index contributed by atoms with van der Waals surface area (Å²) in [7, 11) is 0. The summed E-state index contributed by atoms with van der Waals surface area (Å²) in [4.78, 5) is 28.5. The lowest BCUT2D eigenvalue weighted by molar-refractivity contribution is 0.482. The summed E-state index contributed by atoms with van der Waals surface area (Å²) in [5.41, 5.74) is 10.1. The van der Waals surface area contributed by atoms with E-state index in [2.05, 4.69) is 91.4 Å². The molecular weight excluding hydrogens is 633 g/mol. The number of pyridine rings is 4. The average molecular weight is 675 g/mol. The summed E-state index contributed by atoms with van der Waals surface area (Å²) in [5, 5.41) is 0. The van der Waals surface area contributed by atoms with Gasteiger partial charge in [0.2, 0.25) is 0 Å². The smallest absolute Gasteiger partial charge is 0.127 e. The Kier molecular flexibility index (Phi) is 9.34. The molecular formula is C42H42N8O. The second kappa shape index (κ2) is 14.6. The molecule has 0 aliphatic rings. The summed E-state index contributed by atoms with van der Waals surface area (Å²) in [6, 6.07) is 24.8. The van der Waals surface area contributed by atoms with Crippen molar-refractivity contribution in [3.63, 3.8) is 0 Å². The highest BCUT2D eigenvalue weighted by Gasteiger charge is 2.17. The fourth-order valence-corrected chi connectivity index (χ4v) is 6.95. The van der Waals surface area contributed by atoms with Crippen molar-refractivity contribution in [2.75, 3.05) is 0 Å². The van der Waals surface area contributed by atoms with Gasteiger partial charge < -0.3 is 13.9 Å². The molecule has 0 bridgehead atoms. The lowest BCUT2D eigenvalue weighted by Crippen LogP contribution is -2.07. The predicted molar refractivity (Wildman–Crippen MR) is 203 cm³/mol. The van der Waals surface area contributed by atoms with Crippen LogP contribution < -0.4 is 4.74 Å². The van der Waals surface area contributed by atoms with Crippen molar-refractivity contribution in [3.05, 3.63) is 120 Å². The topological polar surface area (TPSA) is 96.4 Å². The molecule has 51 heavy (non-hydrogen) atoms. The first-order valence-electron chi connectivity index (χ1n) is 18.2. The molecule has 0 aliphatic heterocycles. The Labute approximate surface area is 297 Å². The van der Waals surface area contributed by atoms with Gasteiger partial charge in [-0.25, -0.2) is 9.97 Å². The Bertz CT molecular complexity index is 2260. The van der Waals surface area contributed by atoms with E-state index in [1.54, 1.807) is 0 Å². The Morgan fingerprint density at radius 2 is 0.961 bits per heavy atom. The molecule has 8 rings (SSSR count). The summed E-state index contributed by atoms with van der Waals surface area (Å²) in [6.07, 6.45) is 15.5. The van der Waals surface area contributed by atoms with E-state index in [4.69, 9.17) is 14.7 Å². The molecule has 0 saturated heterocycles. The predicted octanol–water partition coefficient (Wildman–Crippen LogP) is 9.24. The van der Waals surface area contributed by atoms with E-state index in [1.165, 1.54) is 11.1 Å². The molecule has 0 amide bonds. The van der Waals surface area contributed by atoms with E-state index in [9.17, 15) is 0 Å². The van der Waals surface area contributed by atoms with E-state index in [0.717, 1.165) is 132 Å². The van der Waals surface area contributed by atoms with Crippen LogP contribution in [0.15, 0.2) is 97.6 Å². The minimum Gasteiger partial charge on any atom is -0.457 e. The molecule has 0 N–H and O–H groups in total. The van der Waals surface area contributed by atoms with Crippen molar-refractivity contribution in [2.45, 2.75) is 78.3 Å². The fraction of sp³-hybridized carbons (Fsp3) is 0.286. The summed E-state index contributed by atoms with van der Waals surface area (Å²) in [6.45, 7) is 6.09. The number of nitrogens with zero attached hydrogens (tertiary/aromatic N) is 8. The maximum atomic E-state index is 6.27. The Morgan fingerprint density at radius 3 is 1.39 bits per heavy atom. The van der Waals surface area contributed by atoms with Gasteiger partial charge in [0.05, 0.1) is 34.5 Å². The van der Waals surface area contributed by atoms with Crippen LogP contribution >= 0.6 is 0 Å². The first-order chi connectivity index (χ1) is 25.2. The van der Waals surface area contributed by atoms with Gasteiger partial charge in [0.15, 0.2) is 0 Å². The number of ether oxygens (including phenoxy) is 1. The molecule has 2 aromatic carbocycles. The van der Waals surface area contributed by atoms with Crippen LogP contribution in [-0.2, 0) is 38.8 Å². The van der Waals surface area contributed by atoms with Gasteiger partial charge in [-0.2, -0.15) is 0 Å². The van der Waals surface area contributed by atoms with Gasteiger partial charge in [-0.15, -0.1) is 0 Å². The number of rotatable bonds is 14. The molecule has 256 valence electrons. The molecule has 9 heteroatoms. The molecule has 6 heterocycles. The van der Waals surface area contributed by atoms with Gasteiger partial charge in [-0.1, -0.05) is 51.0 Å². The highest BCUT2D eigenvalue weighted by Crippen LogP contribution is 2.28. The number of hydrogen-bond acceptors (Lipinski definition) is 7. The van der Waals surface area contributed by atoms with E-state index in [0.29, 0.717) is 0 Å². The van der Waals surface area contributed by atoms with Gasteiger partial charge in [-0.05, 0) is 85.3 Å². The van der Waals surface area contributed by atoms with E-state index >= 15 is 0 Å². The van der Waals surface area contributed by atoms with E-state index in [1.807, 2.05) is 49.1 Å². The highest BCUT2D eigenvalue weighted by atomic mass is 16.5. The van der Waals surface area contributed by atoms with Crippen molar-refractivity contribution in [3.8, 4) is 11.5 Å². The van der Waals surface area contributed by atoms with E-state index in [-0.39, 0.29) is 0 Å². The molecule has 0 fully saturated rings. The van der Waals surface area contributed by atoms with Crippen molar-refractivity contribution >= 4 is 44.1 Å². The van der Waals surface area contributed by atoms with Crippen LogP contribution in [0.4, 0.5) is 0 Å². The van der Waals surface area contributed by atoms with E-state index < -0.39 is 0 Å². The third-order valence-corrected chi connectivity index (χ3v) is 9.66. The number of imidazole rings is 2. The fourth-order valence-electron chi connectivity index (χ4n) is 6.95. The Morgan fingerprint density at radius 1 is 0.510 bits per heavy atom. The van der Waals surface area contributed by atoms with Crippen LogP contribution in [-0.4, -0.2) is 39.0 Å². The number of aryl methyl sites for hydroxylation is 6. The van der Waals surface area contributed by atoms with Crippen LogP contribution in [0.5, 0.6) is 11.5 Å². The van der Waals surface area contributed by atoms with Crippen LogP contribution in [0.25, 0.3) is 44.1 Å². The maximum Gasteiger partial charge on any atom is 0.127 e. The van der Waals surface area contributed by atoms with Crippen LogP contribution in [0, 0.1) is 0 Å². The van der Waals surface area contributed by atoms with Gasteiger partial charge in [0.25, 0.3) is 0 Å². The average Bonchev–Trinajstić information content (AvgIpc) is 3.73. The first kappa shape index (κ1) is 32.5. The molecule has 0 radical (unpaired) electrons. The minimum atomic E-state index is 0.822. The van der Waals surface area contributed by atoms with Crippen molar-refractivity contribution in [2.24, 2.45) is 0 Å². The van der Waals surface area contributed by atoms with Crippen molar-refractivity contribution in [1.29, 1.82) is 0 Å². The molecule has 8 aromatic rings. The molecule has 0 saturated carbocycles. The Hall–Kier alpha value is -5.70. The van der Waals surface area contributed by atoms with Crippen LogP contribution in [0.3, 0.4) is 0 Å². The lowest BCUT2D eigenvalue weighted by Gasteiger charge is -2.12. The van der Waals surface area contributed by atoms with Gasteiger partial charge in [0.1, 0.15) is 45.2 Å².